The molecule has 10 heteroatoms. The molecule has 1 aromatic heterocycles. The molecule has 0 bridgehead atoms. The summed E-state index contributed by atoms with van der Waals surface area (Å²) < 4.78 is 11.2. The quantitative estimate of drug-likeness (QED) is 0.446. The third kappa shape index (κ3) is 7.34. The first kappa shape index (κ1) is 25.3. The van der Waals surface area contributed by atoms with Crippen LogP contribution in [0.3, 0.4) is 0 Å². The van der Waals surface area contributed by atoms with E-state index in [2.05, 4.69) is 15.5 Å². The van der Waals surface area contributed by atoms with Gasteiger partial charge in [-0.3, -0.25) is 15.2 Å². The number of likely N-dealkylation sites (tertiary alicyclic amines) is 1. The van der Waals surface area contributed by atoms with Crippen LogP contribution in [-0.4, -0.2) is 46.3 Å². The highest BCUT2D eigenvalue weighted by molar-refractivity contribution is 6.39. The monoisotopic (exact) mass is 487 g/mol. The fourth-order valence-corrected chi connectivity index (χ4v) is 3.72. The Labute approximate surface area is 204 Å². The van der Waals surface area contributed by atoms with Crippen LogP contribution in [0, 0.1) is 5.92 Å². The fraction of sp³-hybridized carbons (Fsp3) is 0.417. The number of ether oxygens (including phenoxy) is 2. The molecule has 1 atom stereocenters. The number of carbonyl (C=O) groups is 2. The number of rotatable bonds is 7. The lowest BCUT2D eigenvalue weighted by Gasteiger charge is -2.34. The van der Waals surface area contributed by atoms with Crippen LogP contribution >= 0.6 is 11.6 Å². The number of nitrogens with two attached hydrogens (primary N) is 1. The summed E-state index contributed by atoms with van der Waals surface area (Å²) in [5, 5.41) is 4.63. The van der Waals surface area contributed by atoms with Gasteiger partial charge in [-0.1, -0.05) is 17.7 Å². The van der Waals surface area contributed by atoms with E-state index in [4.69, 9.17) is 26.8 Å². The molecule has 3 rings (SSSR count). The molecular formula is C24H30ClN5O4. The third-order valence-electron chi connectivity index (χ3n) is 5.05. The van der Waals surface area contributed by atoms with Crippen molar-refractivity contribution in [3.63, 3.8) is 0 Å². The average Bonchev–Trinajstić information content (AvgIpc) is 2.78. The molecule has 0 spiro atoms. The van der Waals surface area contributed by atoms with E-state index >= 15 is 0 Å². The van der Waals surface area contributed by atoms with Gasteiger partial charge < -0.3 is 20.1 Å². The van der Waals surface area contributed by atoms with Gasteiger partial charge >= 0.3 is 6.09 Å². The van der Waals surface area contributed by atoms with E-state index in [-0.39, 0.29) is 18.2 Å². The van der Waals surface area contributed by atoms with Crippen molar-refractivity contribution in [2.45, 2.75) is 45.8 Å². The number of hydrazone groups is 1. The Bertz CT molecular complexity index is 1040. The smallest absolute Gasteiger partial charge is 0.410 e. The number of anilines is 1. The van der Waals surface area contributed by atoms with Gasteiger partial charge in [0.05, 0.1) is 16.4 Å². The zero-order valence-corrected chi connectivity index (χ0v) is 20.3. The fourth-order valence-electron chi connectivity index (χ4n) is 3.49. The van der Waals surface area contributed by atoms with E-state index < -0.39 is 17.6 Å². The summed E-state index contributed by atoms with van der Waals surface area (Å²) in [6.45, 7) is 6.58. The third-order valence-corrected chi connectivity index (χ3v) is 5.35. The van der Waals surface area contributed by atoms with Gasteiger partial charge in [0.25, 0.3) is 5.91 Å². The predicted molar refractivity (Wildman–Crippen MR) is 131 cm³/mol. The van der Waals surface area contributed by atoms with Gasteiger partial charge in [0.1, 0.15) is 23.7 Å². The highest BCUT2D eigenvalue weighted by Crippen LogP contribution is 2.28. The van der Waals surface area contributed by atoms with Crippen LogP contribution < -0.4 is 15.9 Å². The molecule has 1 aliphatic heterocycles. The number of amides is 2. The van der Waals surface area contributed by atoms with Crippen LogP contribution in [-0.2, 0) is 16.1 Å². The Balaban J connectivity index is 1.65. The summed E-state index contributed by atoms with van der Waals surface area (Å²) in [7, 11) is 0. The molecule has 1 fully saturated rings. The molecular weight excluding hydrogens is 458 g/mol. The van der Waals surface area contributed by atoms with Crippen LogP contribution in [0.25, 0.3) is 0 Å². The molecule has 1 aliphatic rings. The number of nitrogens with one attached hydrogen (secondary N) is 1. The minimum atomic E-state index is -0.648. The SMILES string of the molecule is CC(C)(C)OC(=O)N1CCCC(C(=NNc2ccc(OCc3ccccn3)c(Cl)c2)C(N)=O)C1. The Morgan fingerprint density at radius 3 is 2.74 bits per heavy atom. The number of halogens is 1. The second-order valence-corrected chi connectivity index (χ2v) is 9.40. The van der Waals surface area contributed by atoms with Crippen molar-refractivity contribution in [1.29, 1.82) is 0 Å². The zero-order chi connectivity index (χ0) is 24.7. The van der Waals surface area contributed by atoms with Crippen molar-refractivity contribution in [1.82, 2.24) is 9.88 Å². The first-order chi connectivity index (χ1) is 16.1. The first-order valence-electron chi connectivity index (χ1n) is 11.1. The molecule has 9 nitrogen and oxygen atoms in total. The largest absolute Gasteiger partial charge is 0.486 e. The molecule has 1 aromatic carbocycles. The minimum absolute atomic E-state index is 0.167. The van der Waals surface area contributed by atoms with Gasteiger partial charge in [0.15, 0.2) is 0 Å². The van der Waals surface area contributed by atoms with Gasteiger partial charge in [-0.25, -0.2) is 4.79 Å². The number of piperidine rings is 1. The van der Waals surface area contributed by atoms with Crippen LogP contribution in [0.4, 0.5) is 10.5 Å². The van der Waals surface area contributed by atoms with Crippen molar-refractivity contribution in [3.8, 4) is 5.75 Å². The topological polar surface area (TPSA) is 119 Å². The number of benzene rings is 1. The number of hydrogen-bond acceptors (Lipinski definition) is 7. The lowest BCUT2D eigenvalue weighted by molar-refractivity contribution is -0.112. The van der Waals surface area contributed by atoms with Crippen LogP contribution in [0.2, 0.25) is 5.02 Å². The van der Waals surface area contributed by atoms with Gasteiger partial charge in [-0.05, 0) is 63.9 Å². The van der Waals surface area contributed by atoms with Gasteiger partial charge in [0, 0.05) is 25.2 Å². The summed E-state index contributed by atoms with van der Waals surface area (Å²) in [5.74, 6) is -0.454. The highest BCUT2D eigenvalue weighted by Gasteiger charge is 2.32. The summed E-state index contributed by atoms with van der Waals surface area (Å²) in [5.41, 5.74) is 9.37. The molecule has 34 heavy (non-hydrogen) atoms. The second-order valence-electron chi connectivity index (χ2n) is 8.99. The highest BCUT2D eigenvalue weighted by atomic mass is 35.5. The molecule has 2 aromatic rings. The Morgan fingerprint density at radius 1 is 1.29 bits per heavy atom. The van der Waals surface area contributed by atoms with E-state index in [0.29, 0.717) is 42.4 Å². The van der Waals surface area contributed by atoms with Crippen LogP contribution in [0.5, 0.6) is 5.75 Å². The maximum absolute atomic E-state index is 12.4. The summed E-state index contributed by atoms with van der Waals surface area (Å²) in [4.78, 5) is 30.4. The zero-order valence-electron chi connectivity index (χ0n) is 19.6. The number of hydrogen-bond donors (Lipinski definition) is 2. The Kier molecular flexibility index (Phi) is 8.33. The van der Waals surface area contributed by atoms with Crippen LogP contribution in [0.15, 0.2) is 47.7 Å². The predicted octanol–water partition coefficient (Wildman–Crippen LogP) is 4.21. The first-order valence-corrected chi connectivity index (χ1v) is 11.4. The van der Waals surface area contributed by atoms with E-state index in [0.717, 1.165) is 5.69 Å². The lowest BCUT2D eigenvalue weighted by Crippen LogP contribution is -2.47. The minimum Gasteiger partial charge on any atom is -0.486 e. The second kappa shape index (κ2) is 11.2. The maximum Gasteiger partial charge on any atom is 0.410 e. The number of nitrogens with zero attached hydrogens (tertiary/aromatic N) is 3. The molecule has 0 radical (unpaired) electrons. The van der Waals surface area contributed by atoms with Crippen LogP contribution in [0.1, 0.15) is 39.3 Å². The molecule has 2 heterocycles. The molecule has 1 saturated heterocycles. The number of carbonyl (C=O) groups excluding carboxylic acids is 2. The standard InChI is InChI=1S/C24H30ClN5O4/c1-24(2,3)34-23(32)30-12-6-7-16(14-30)21(22(26)31)29-28-17-9-10-20(19(25)13-17)33-15-18-8-4-5-11-27-18/h4-5,8-11,13,16,28H,6-7,12,14-15H2,1-3H3,(H2,26,31). The summed E-state index contributed by atoms with van der Waals surface area (Å²) in [6.07, 6.45) is 2.68. The maximum atomic E-state index is 12.4. The molecule has 1 unspecified atom stereocenters. The number of pyridine rings is 1. The number of aromatic nitrogens is 1. The molecule has 0 saturated carbocycles. The van der Waals surface area contributed by atoms with E-state index in [1.54, 1.807) is 29.3 Å². The van der Waals surface area contributed by atoms with Gasteiger partial charge in [-0.15, -0.1) is 0 Å². The average molecular weight is 488 g/mol. The normalized spacial score (nSPS) is 16.6. The molecule has 3 N–H and O–H groups in total. The van der Waals surface area contributed by atoms with Crippen molar-refractivity contribution in [2.75, 3.05) is 18.5 Å². The van der Waals surface area contributed by atoms with Crippen molar-refractivity contribution in [3.05, 3.63) is 53.3 Å². The van der Waals surface area contributed by atoms with Crippen molar-refractivity contribution in [2.24, 2.45) is 16.8 Å². The molecule has 182 valence electrons. The molecule has 0 aliphatic carbocycles. The summed E-state index contributed by atoms with van der Waals surface area (Å²) >= 11 is 6.35. The van der Waals surface area contributed by atoms with E-state index in [1.807, 2.05) is 39.0 Å². The lowest BCUT2D eigenvalue weighted by atomic mass is 9.93. The molecule has 2 amide bonds. The van der Waals surface area contributed by atoms with E-state index in [9.17, 15) is 9.59 Å². The van der Waals surface area contributed by atoms with Crippen molar-refractivity contribution >= 4 is 35.0 Å². The van der Waals surface area contributed by atoms with E-state index in [1.165, 1.54) is 0 Å². The summed E-state index contributed by atoms with van der Waals surface area (Å²) in [6, 6.07) is 10.7. The van der Waals surface area contributed by atoms with Gasteiger partial charge in [-0.2, -0.15) is 5.10 Å². The van der Waals surface area contributed by atoms with Gasteiger partial charge in [0.2, 0.25) is 0 Å². The Hall–Kier alpha value is -3.33. The number of primary amides is 1. The van der Waals surface area contributed by atoms with Crippen molar-refractivity contribution < 1.29 is 19.1 Å². The Morgan fingerprint density at radius 2 is 2.09 bits per heavy atom.